The first-order chi connectivity index (χ1) is 7.36. The van der Waals surface area contributed by atoms with E-state index in [1.807, 2.05) is 27.0 Å². The fourth-order valence-electron chi connectivity index (χ4n) is 1.34. The van der Waals surface area contributed by atoms with Crippen molar-refractivity contribution >= 4 is 5.82 Å². The molecule has 0 N–H and O–H groups in total. The van der Waals surface area contributed by atoms with Crippen LogP contribution in [0.25, 0.3) is 0 Å². The SMILES string of the molecule is CC.Cc1cnc(N2CCOCC2)cn1. The predicted octanol–water partition coefficient (Wildman–Crippen LogP) is 1.65. The van der Waals surface area contributed by atoms with E-state index in [2.05, 4.69) is 14.9 Å². The van der Waals surface area contributed by atoms with Crippen molar-refractivity contribution in [1.29, 1.82) is 0 Å². The first-order valence-electron chi connectivity index (χ1n) is 5.47. The van der Waals surface area contributed by atoms with Gasteiger partial charge in [-0.25, -0.2) is 4.98 Å². The zero-order valence-electron chi connectivity index (χ0n) is 9.73. The van der Waals surface area contributed by atoms with Gasteiger partial charge in [-0.2, -0.15) is 0 Å². The lowest BCUT2D eigenvalue weighted by atomic mass is 10.4. The molecule has 4 nitrogen and oxygen atoms in total. The largest absolute Gasteiger partial charge is 0.378 e. The van der Waals surface area contributed by atoms with Gasteiger partial charge in [0.25, 0.3) is 0 Å². The molecule has 1 aromatic rings. The maximum atomic E-state index is 5.26. The summed E-state index contributed by atoms with van der Waals surface area (Å²) in [5.74, 6) is 0.953. The quantitative estimate of drug-likeness (QED) is 0.705. The van der Waals surface area contributed by atoms with Crippen LogP contribution in [0, 0.1) is 6.92 Å². The molecule has 2 rings (SSSR count). The van der Waals surface area contributed by atoms with Crippen LogP contribution in [0.3, 0.4) is 0 Å². The average molecular weight is 209 g/mol. The highest BCUT2D eigenvalue weighted by atomic mass is 16.5. The van der Waals surface area contributed by atoms with Crippen LogP contribution < -0.4 is 4.90 Å². The Bertz CT molecular complexity index is 268. The van der Waals surface area contributed by atoms with Gasteiger partial charge in [-0.1, -0.05) is 13.8 Å². The number of aromatic nitrogens is 2. The second kappa shape index (κ2) is 6.35. The van der Waals surface area contributed by atoms with Gasteiger partial charge < -0.3 is 9.64 Å². The van der Waals surface area contributed by atoms with Crippen molar-refractivity contribution in [1.82, 2.24) is 9.97 Å². The molecule has 1 fully saturated rings. The fourth-order valence-corrected chi connectivity index (χ4v) is 1.34. The molecule has 84 valence electrons. The molecule has 15 heavy (non-hydrogen) atoms. The van der Waals surface area contributed by atoms with Gasteiger partial charge in [0.15, 0.2) is 0 Å². The van der Waals surface area contributed by atoms with E-state index < -0.39 is 0 Å². The summed E-state index contributed by atoms with van der Waals surface area (Å²) < 4.78 is 5.26. The molecule has 0 radical (unpaired) electrons. The fraction of sp³-hybridized carbons (Fsp3) is 0.636. The van der Waals surface area contributed by atoms with E-state index >= 15 is 0 Å². The van der Waals surface area contributed by atoms with Crippen LogP contribution in [-0.4, -0.2) is 36.3 Å². The topological polar surface area (TPSA) is 38.2 Å². The minimum Gasteiger partial charge on any atom is -0.378 e. The summed E-state index contributed by atoms with van der Waals surface area (Å²) in [5.41, 5.74) is 0.956. The van der Waals surface area contributed by atoms with Gasteiger partial charge in [-0.15, -0.1) is 0 Å². The summed E-state index contributed by atoms with van der Waals surface area (Å²) in [7, 11) is 0. The summed E-state index contributed by atoms with van der Waals surface area (Å²) >= 11 is 0. The average Bonchev–Trinajstić information content (AvgIpc) is 2.34. The highest BCUT2D eigenvalue weighted by Gasteiger charge is 2.11. The maximum absolute atomic E-state index is 5.26. The van der Waals surface area contributed by atoms with Gasteiger partial charge >= 0.3 is 0 Å². The molecule has 0 amide bonds. The van der Waals surface area contributed by atoms with Gasteiger partial charge in [0.05, 0.1) is 31.3 Å². The lowest BCUT2D eigenvalue weighted by molar-refractivity contribution is 0.122. The third-order valence-electron chi connectivity index (χ3n) is 2.10. The summed E-state index contributed by atoms with van der Waals surface area (Å²) in [5, 5.41) is 0. The molecular formula is C11H19N3O. The highest BCUT2D eigenvalue weighted by Crippen LogP contribution is 2.10. The Labute approximate surface area is 91.3 Å². The number of anilines is 1. The third kappa shape index (κ3) is 3.47. The summed E-state index contributed by atoms with van der Waals surface area (Å²) in [4.78, 5) is 10.7. The molecule has 0 bridgehead atoms. The molecule has 0 unspecified atom stereocenters. The van der Waals surface area contributed by atoms with Crippen LogP contribution >= 0.6 is 0 Å². The van der Waals surface area contributed by atoms with E-state index in [4.69, 9.17) is 4.74 Å². The normalized spacial score (nSPS) is 15.5. The number of morpholine rings is 1. The van der Waals surface area contributed by atoms with Crippen molar-refractivity contribution in [3.63, 3.8) is 0 Å². The number of hydrogen-bond acceptors (Lipinski definition) is 4. The maximum Gasteiger partial charge on any atom is 0.147 e. The van der Waals surface area contributed by atoms with Gasteiger partial charge in [0.1, 0.15) is 5.82 Å². The molecule has 1 aromatic heterocycles. The molecular weight excluding hydrogens is 190 g/mol. The third-order valence-corrected chi connectivity index (χ3v) is 2.10. The molecule has 0 aliphatic carbocycles. The molecule has 0 aromatic carbocycles. The summed E-state index contributed by atoms with van der Waals surface area (Å²) in [6.45, 7) is 9.34. The van der Waals surface area contributed by atoms with Crippen LogP contribution in [-0.2, 0) is 4.74 Å². The van der Waals surface area contributed by atoms with Gasteiger partial charge in [0.2, 0.25) is 0 Å². The lowest BCUT2D eigenvalue weighted by Crippen LogP contribution is -2.36. The van der Waals surface area contributed by atoms with Crippen molar-refractivity contribution in [2.45, 2.75) is 20.8 Å². The predicted molar refractivity (Wildman–Crippen MR) is 61.1 cm³/mol. The lowest BCUT2D eigenvalue weighted by Gasteiger charge is -2.27. The van der Waals surface area contributed by atoms with Crippen molar-refractivity contribution in [3.05, 3.63) is 18.1 Å². The Balaban J connectivity index is 0.000000531. The number of rotatable bonds is 1. The molecule has 0 atom stereocenters. The Morgan fingerprint density at radius 3 is 2.33 bits per heavy atom. The van der Waals surface area contributed by atoms with E-state index in [1.165, 1.54) is 0 Å². The summed E-state index contributed by atoms with van der Waals surface area (Å²) in [6.07, 6.45) is 3.62. The van der Waals surface area contributed by atoms with Gasteiger partial charge in [0, 0.05) is 13.1 Å². The van der Waals surface area contributed by atoms with Crippen LogP contribution in [0.5, 0.6) is 0 Å². The van der Waals surface area contributed by atoms with E-state index in [1.54, 1.807) is 6.20 Å². The molecule has 2 heterocycles. The zero-order valence-corrected chi connectivity index (χ0v) is 9.73. The van der Waals surface area contributed by atoms with E-state index in [9.17, 15) is 0 Å². The molecule has 4 heteroatoms. The number of aryl methyl sites for hydroxylation is 1. The van der Waals surface area contributed by atoms with Crippen LogP contribution in [0.15, 0.2) is 12.4 Å². The van der Waals surface area contributed by atoms with Gasteiger partial charge in [-0.3, -0.25) is 4.98 Å². The number of nitrogens with zero attached hydrogens (tertiary/aromatic N) is 3. The van der Waals surface area contributed by atoms with Crippen molar-refractivity contribution in [3.8, 4) is 0 Å². The molecule has 0 saturated carbocycles. The second-order valence-corrected chi connectivity index (χ2v) is 3.12. The number of ether oxygens (including phenoxy) is 1. The van der Waals surface area contributed by atoms with Crippen LogP contribution in [0.4, 0.5) is 5.82 Å². The van der Waals surface area contributed by atoms with Crippen molar-refractivity contribution < 1.29 is 4.74 Å². The van der Waals surface area contributed by atoms with Crippen LogP contribution in [0.2, 0.25) is 0 Å². The van der Waals surface area contributed by atoms with Crippen molar-refractivity contribution in [2.75, 3.05) is 31.2 Å². The minimum atomic E-state index is 0.787. The smallest absolute Gasteiger partial charge is 0.147 e. The standard InChI is InChI=1S/C9H13N3O.C2H6/c1-8-6-11-9(7-10-8)12-2-4-13-5-3-12;1-2/h6-7H,2-5H2,1H3;1-2H3. The summed E-state index contributed by atoms with van der Waals surface area (Å²) in [6, 6.07) is 0. The van der Waals surface area contributed by atoms with Crippen molar-refractivity contribution in [2.24, 2.45) is 0 Å². The molecule has 0 spiro atoms. The monoisotopic (exact) mass is 209 g/mol. The Morgan fingerprint density at radius 2 is 1.80 bits per heavy atom. The Hall–Kier alpha value is -1.16. The molecule has 1 aliphatic heterocycles. The highest BCUT2D eigenvalue weighted by molar-refractivity contribution is 5.35. The zero-order chi connectivity index (χ0) is 11.1. The number of hydrogen-bond donors (Lipinski definition) is 0. The molecule has 1 saturated heterocycles. The van der Waals surface area contributed by atoms with Crippen LogP contribution in [0.1, 0.15) is 19.5 Å². The van der Waals surface area contributed by atoms with E-state index in [-0.39, 0.29) is 0 Å². The first-order valence-corrected chi connectivity index (χ1v) is 5.47. The van der Waals surface area contributed by atoms with E-state index in [0.717, 1.165) is 37.8 Å². The first kappa shape index (κ1) is 11.9. The second-order valence-electron chi connectivity index (χ2n) is 3.12. The van der Waals surface area contributed by atoms with Gasteiger partial charge in [-0.05, 0) is 6.92 Å². The minimum absolute atomic E-state index is 0.787. The molecule has 1 aliphatic rings. The van der Waals surface area contributed by atoms with E-state index in [0.29, 0.717) is 0 Å². The Morgan fingerprint density at radius 1 is 1.13 bits per heavy atom. The Kier molecular flexibility index (Phi) is 5.04.